The average Bonchev–Trinajstić information content (AvgIpc) is 3.05. The molecule has 0 unspecified atom stereocenters. The van der Waals surface area contributed by atoms with Gasteiger partial charge in [0.25, 0.3) is 5.91 Å². The molecule has 3 aromatic rings. The van der Waals surface area contributed by atoms with Gasteiger partial charge in [0.15, 0.2) is 5.78 Å². The zero-order valence-electron chi connectivity index (χ0n) is 16.9. The number of nitrogens with zero attached hydrogens (tertiary/aromatic N) is 2. The summed E-state index contributed by atoms with van der Waals surface area (Å²) >= 11 is 11.7. The van der Waals surface area contributed by atoms with Crippen molar-refractivity contribution in [2.24, 2.45) is 0 Å². The van der Waals surface area contributed by atoms with Crippen LogP contribution in [0.3, 0.4) is 0 Å². The first-order valence-corrected chi connectivity index (χ1v) is 10.5. The van der Waals surface area contributed by atoms with Gasteiger partial charge in [-0.1, -0.05) is 35.3 Å². The van der Waals surface area contributed by atoms with E-state index in [1.165, 1.54) is 24.3 Å². The quantitative estimate of drug-likeness (QED) is 0.308. The Labute approximate surface area is 197 Å². The Bertz CT molecular complexity index is 1250. The SMILES string of the molecule is O=C(C=C(c1cc(Cl)cc(Cl)c1)C(F)(F)F)c1ccc2c(c1)CN(Cc1ccccn1)C2=O. The highest BCUT2D eigenvalue weighted by Gasteiger charge is 2.36. The molecule has 0 atom stereocenters. The largest absolute Gasteiger partial charge is 0.417 e. The summed E-state index contributed by atoms with van der Waals surface area (Å²) in [7, 11) is 0. The monoisotopic (exact) mass is 490 g/mol. The average molecular weight is 491 g/mol. The summed E-state index contributed by atoms with van der Waals surface area (Å²) in [5, 5.41) is 0.0354. The van der Waals surface area contributed by atoms with Gasteiger partial charge < -0.3 is 4.90 Å². The lowest BCUT2D eigenvalue weighted by Crippen LogP contribution is -2.23. The molecule has 0 bridgehead atoms. The van der Waals surface area contributed by atoms with Crippen LogP contribution in [0.5, 0.6) is 0 Å². The molecule has 1 amide bonds. The second kappa shape index (κ2) is 9.00. The Morgan fingerprint density at radius 1 is 1.03 bits per heavy atom. The maximum atomic E-state index is 13.7. The topological polar surface area (TPSA) is 50.3 Å². The predicted molar refractivity (Wildman–Crippen MR) is 119 cm³/mol. The highest BCUT2D eigenvalue weighted by molar-refractivity contribution is 6.35. The van der Waals surface area contributed by atoms with E-state index >= 15 is 0 Å². The molecule has 2 heterocycles. The Morgan fingerprint density at radius 2 is 1.76 bits per heavy atom. The van der Waals surface area contributed by atoms with E-state index in [0.29, 0.717) is 22.9 Å². The minimum absolute atomic E-state index is 0.0177. The molecule has 0 aliphatic carbocycles. The molecule has 2 aromatic carbocycles. The molecule has 168 valence electrons. The van der Waals surface area contributed by atoms with E-state index in [9.17, 15) is 22.8 Å². The maximum absolute atomic E-state index is 13.7. The van der Waals surface area contributed by atoms with Crippen molar-refractivity contribution in [3.63, 3.8) is 0 Å². The molecule has 4 nitrogen and oxygen atoms in total. The molecule has 0 N–H and O–H groups in total. The minimum atomic E-state index is -4.81. The lowest BCUT2D eigenvalue weighted by Gasteiger charge is -2.14. The van der Waals surface area contributed by atoms with Crippen LogP contribution in [-0.4, -0.2) is 27.8 Å². The van der Waals surface area contributed by atoms with E-state index in [0.717, 1.165) is 12.1 Å². The van der Waals surface area contributed by atoms with Gasteiger partial charge in [0.05, 0.1) is 17.8 Å². The Morgan fingerprint density at radius 3 is 2.39 bits per heavy atom. The lowest BCUT2D eigenvalue weighted by molar-refractivity contribution is -0.0689. The van der Waals surface area contributed by atoms with Crippen LogP contribution in [0.15, 0.2) is 66.9 Å². The molecule has 1 aliphatic rings. The molecule has 0 fully saturated rings. The zero-order valence-corrected chi connectivity index (χ0v) is 18.4. The maximum Gasteiger partial charge on any atom is 0.417 e. The molecule has 1 aliphatic heterocycles. The molecule has 0 saturated carbocycles. The summed E-state index contributed by atoms with van der Waals surface area (Å²) in [6.45, 7) is 0.511. The van der Waals surface area contributed by atoms with Crippen LogP contribution in [0, 0.1) is 0 Å². The van der Waals surface area contributed by atoms with Crippen LogP contribution in [0.25, 0.3) is 5.57 Å². The molecular formula is C24H15Cl2F3N2O2. The van der Waals surface area contributed by atoms with Crippen molar-refractivity contribution < 1.29 is 22.8 Å². The van der Waals surface area contributed by atoms with Crippen LogP contribution in [0.1, 0.15) is 37.5 Å². The summed E-state index contributed by atoms with van der Waals surface area (Å²) in [4.78, 5) is 31.2. The normalized spacial score (nSPS) is 13.9. The third kappa shape index (κ3) is 5.10. The van der Waals surface area contributed by atoms with Crippen LogP contribution >= 0.6 is 23.2 Å². The number of carbonyl (C=O) groups is 2. The van der Waals surface area contributed by atoms with Crippen molar-refractivity contribution in [2.45, 2.75) is 19.3 Å². The number of rotatable bonds is 5. The first kappa shape index (κ1) is 23.0. The number of amides is 1. The number of halogens is 5. The number of carbonyl (C=O) groups excluding carboxylic acids is 2. The van der Waals surface area contributed by atoms with E-state index in [2.05, 4.69) is 4.98 Å². The van der Waals surface area contributed by atoms with E-state index < -0.39 is 17.5 Å². The van der Waals surface area contributed by atoms with Gasteiger partial charge in [-0.25, -0.2) is 0 Å². The molecule has 33 heavy (non-hydrogen) atoms. The smallest absolute Gasteiger partial charge is 0.328 e. The molecule has 4 rings (SSSR count). The number of pyridine rings is 1. The van der Waals surface area contributed by atoms with Gasteiger partial charge in [0, 0.05) is 33.9 Å². The van der Waals surface area contributed by atoms with Gasteiger partial charge in [-0.2, -0.15) is 13.2 Å². The molecule has 1 aromatic heterocycles. The first-order valence-electron chi connectivity index (χ1n) is 9.73. The van der Waals surface area contributed by atoms with Crippen molar-refractivity contribution in [3.8, 4) is 0 Å². The molecule has 0 saturated heterocycles. The van der Waals surface area contributed by atoms with Crippen molar-refractivity contribution in [2.75, 3.05) is 0 Å². The Kier molecular flexibility index (Phi) is 6.28. The van der Waals surface area contributed by atoms with Crippen molar-refractivity contribution >= 4 is 40.5 Å². The number of allylic oxidation sites excluding steroid dienone is 2. The fraction of sp³-hybridized carbons (Fsp3) is 0.125. The van der Waals surface area contributed by atoms with E-state index in [-0.39, 0.29) is 40.2 Å². The second-order valence-corrected chi connectivity index (χ2v) is 8.31. The summed E-state index contributed by atoms with van der Waals surface area (Å²) < 4.78 is 41.1. The summed E-state index contributed by atoms with van der Waals surface area (Å²) in [5.41, 5.74) is 0.235. The summed E-state index contributed by atoms with van der Waals surface area (Å²) in [5.74, 6) is -1.08. The number of alkyl halides is 3. The van der Waals surface area contributed by atoms with Crippen molar-refractivity contribution in [3.05, 3.63) is 105 Å². The van der Waals surface area contributed by atoms with Crippen molar-refractivity contribution in [1.82, 2.24) is 9.88 Å². The van der Waals surface area contributed by atoms with Gasteiger partial charge in [0.2, 0.25) is 0 Å². The summed E-state index contributed by atoms with van der Waals surface area (Å²) in [6, 6.07) is 13.1. The molecule has 0 radical (unpaired) electrons. The lowest BCUT2D eigenvalue weighted by atomic mass is 9.99. The minimum Gasteiger partial charge on any atom is -0.328 e. The van der Waals surface area contributed by atoms with Gasteiger partial charge in [-0.3, -0.25) is 14.6 Å². The highest BCUT2D eigenvalue weighted by Crippen LogP contribution is 2.36. The van der Waals surface area contributed by atoms with Crippen LogP contribution in [0.4, 0.5) is 13.2 Å². The van der Waals surface area contributed by atoms with E-state index in [4.69, 9.17) is 23.2 Å². The summed E-state index contributed by atoms with van der Waals surface area (Å²) in [6.07, 6.45) is -2.67. The number of hydrogen-bond acceptors (Lipinski definition) is 3. The van der Waals surface area contributed by atoms with Gasteiger partial charge in [-0.15, -0.1) is 0 Å². The Balaban J connectivity index is 1.62. The van der Waals surface area contributed by atoms with E-state index in [1.807, 2.05) is 6.07 Å². The fourth-order valence-corrected chi connectivity index (χ4v) is 4.13. The highest BCUT2D eigenvalue weighted by atomic mass is 35.5. The molecule has 0 spiro atoms. The third-order valence-electron chi connectivity index (χ3n) is 5.10. The Hall–Kier alpha value is -3.16. The zero-order chi connectivity index (χ0) is 23.8. The van der Waals surface area contributed by atoms with E-state index in [1.54, 1.807) is 23.2 Å². The van der Waals surface area contributed by atoms with Crippen LogP contribution in [0.2, 0.25) is 10.0 Å². The van der Waals surface area contributed by atoms with Crippen molar-refractivity contribution in [1.29, 1.82) is 0 Å². The second-order valence-electron chi connectivity index (χ2n) is 7.43. The number of benzene rings is 2. The van der Waals surface area contributed by atoms with Gasteiger partial charge >= 0.3 is 6.18 Å². The predicted octanol–water partition coefficient (Wildman–Crippen LogP) is 6.37. The number of aromatic nitrogens is 1. The molecule has 9 heteroatoms. The molecular weight excluding hydrogens is 476 g/mol. The van der Waals surface area contributed by atoms with Crippen LogP contribution in [-0.2, 0) is 13.1 Å². The fourth-order valence-electron chi connectivity index (χ4n) is 3.60. The third-order valence-corrected chi connectivity index (χ3v) is 5.54. The van der Waals surface area contributed by atoms with Crippen LogP contribution < -0.4 is 0 Å². The standard InChI is InChI=1S/C24H15Cl2F3N2O2/c25-17-8-15(9-18(26)10-17)21(24(27,28)29)11-22(32)14-4-5-20-16(7-14)12-31(23(20)33)13-19-3-1-2-6-30-19/h1-11H,12-13H2. The van der Waals surface area contributed by atoms with Gasteiger partial charge in [-0.05, 0) is 59.7 Å². The first-order chi connectivity index (χ1) is 15.6. The number of fused-ring (bicyclic) bond motifs is 1. The number of hydrogen-bond donors (Lipinski definition) is 0. The number of ketones is 1. The van der Waals surface area contributed by atoms with Gasteiger partial charge in [0.1, 0.15) is 0 Å².